The number of esters is 1. The Morgan fingerprint density at radius 1 is 1.05 bits per heavy atom. The molecule has 2 aromatic carbocycles. The summed E-state index contributed by atoms with van der Waals surface area (Å²) in [5.74, 6) is 0.494. The average Bonchev–Trinajstić information content (AvgIpc) is 2.89. The Morgan fingerprint density at radius 3 is 2.43 bits per heavy atom. The van der Waals surface area contributed by atoms with Gasteiger partial charge in [-0.25, -0.2) is 24.1 Å². The van der Waals surface area contributed by atoms with Crippen LogP contribution in [0.2, 0.25) is 0 Å². The van der Waals surface area contributed by atoms with Crippen molar-refractivity contribution in [3.8, 4) is 11.6 Å². The third-order valence-electron chi connectivity index (χ3n) is 5.65. The molecule has 0 spiro atoms. The van der Waals surface area contributed by atoms with Crippen LogP contribution >= 0.6 is 0 Å². The normalized spacial score (nSPS) is 12.2. The second-order valence-corrected chi connectivity index (χ2v) is 8.48. The summed E-state index contributed by atoms with van der Waals surface area (Å²) in [5, 5.41) is 0. The van der Waals surface area contributed by atoms with E-state index in [4.69, 9.17) is 9.47 Å². The summed E-state index contributed by atoms with van der Waals surface area (Å²) < 4.78 is 12.8. The first-order chi connectivity index (χ1) is 17.8. The molecule has 1 atom stereocenters. The number of hydrogen-bond donors (Lipinski definition) is 1. The number of ether oxygens (including phenoxy) is 2. The van der Waals surface area contributed by atoms with E-state index in [9.17, 15) is 14.4 Å². The van der Waals surface area contributed by atoms with Crippen LogP contribution < -0.4 is 21.7 Å². The molecule has 0 amide bonds. The van der Waals surface area contributed by atoms with Crippen molar-refractivity contribution in [2.75, 3.05) is 7.11 Å². The highest BCUT2D eigenvalue weighted by atomic mass is 16.5. The van der Waals surface area contributed by atoms with Crippen molar-refractivity contribution in [2.24, 2.45) is 4.99 Å². The Kier molecular flexibility index (Phi) is 7.77. The number of nitrogens with one attached hydrogen (secondary N) is 1. The van der Waals surface area contributed by atoms with Crippen LogP contribution in [0.3, 0.4) is 0 Å². The van der Waals surface area contributed by atoms with Gasteiger partial charge in [-0.2, -0.15) is 0 Å². The molecule has 0 saturated carbocycles. The van der Waals surface area contributed by atoms with E-state index in [1.165, 1.54) is 11.7 Å². The van der Waals surface area contributed by atoms with Crippen molar-refractivity contribution in [1.82, 2.24) is 19.1 Å². The number of pyridine rings is 1. The predicted molar refractivity (Wildman–Crippen MR) is 137 cm³/mol. The fraction of sp³-hybridized carbons (Fsp3) is 0.222. The molecule has 4 aromatic rings. The number of hydrogen-bond acceptors (Lipinski definition) is 7. The van der Waals surface area contributed by atoms with Gasteiger partial charge in [-0.05, 0) is 49.7 Å². The summed E-state index contributed by atoms with van der Waals surface area (Å²) >= 11 is 0. The minimum Gasteiger partial charge on any atom is -0.469 e. The second-order valence-electron chi connectivity index (χ2n) is 8.48. The molecule has 2 heterocycles. The Hall–Kier alpha value is -4.73. The molecule has 10 nitrogen and oxygen atoms in total. The van der Waals surface area contributed by atoms with Gasteiger partial charge in [-0.3, -0.25) is 14.3 Å². The van der Waals surface area contributed by atoms with E-state index < -0.39 is 23.4 Å². The average molecular weight is 502 g/mol. The van der Waals surface area contributed by atoms with Gasteiger partial charge >= 0.3 is 17.3 Å². The van der Waals surface area contributed by atoms with Gasteiger partial charge in [0.2, 0.25) is 11.5 Å². The molecular formula is C27H27N5O5. The Balaban J connectivity index is 1.75. The smallest absolute Gasteiger partial charge is 0.335 e. The van der Waals surface area contributed by atoms with E-state index >= 15 is 0 Å². The van der Waals surface area contributed by atoms with Crippen molar-refractivity contribution in [2.45, 2.75) is 32.9 Å². The molecule has 0 bridgehead atoms. The van der Waals surface area contributed by atoms with Crippen LogP contribution in [-0.2, 0) is 16.1 Å². The van der Waals surface area contributed by atoms with E-state index in [-0.39, 0.29) is 18.6 Å². The molecule has 10 heteroatoms. The minimum atomic E-state index is -0.718. The predicted octanol–water partition coefficient (Wildman–Crippen LogP) is 3.24. The van der Waals surface area contributed by atoms with Gasteiger partial charge in [-0.1, -0.05) is 35.9 Å². The molecule has 0 saturated heterocycles. The van der Waals surface area contributed by atoms with Gasteiger partial charge in [0.15, 0.2) is 0 Å². The summed E-state index contributed by atoms with van der Waals surface area (Å²) in [6.45, 7) is 3.75. The number of methoxy groups -OCH3 is 1. The van der Waals surface area contributed by atoms with Crippen LogP contribution in [0.25, 0.3) is 0 Å². The minimum absolute atomic E-state index is 0.0792. The van der Waals surface area contributed by atoms with Gasteiger partial charge in [0.05, 0.1) is 31.8 Å². The van der Waals surface area contributed by atoms with Gasteiger partial charge < -0.3 is 9.47 Å². The maximum Gasteiger partial charge on any atom is 0.335 e. The topological polar surface area (TPSA) is 121 Å². The maximum absolute atomic E-state index is 13.5. The first-order valence-corrected chi connectivity index (χ1v) is 11.7. The number of benzene rings is 2. The summed E-state index contributed by atoms with van der Waals surface area (Å²) in [4.78, 5) is 49.6. The molecule has 0 aliphatic heterocycles. The van der Waals surface area contributed by atoms with Gasteiger partial charge in [0.1, 0.15) is 5.75 Å². The lowest BCUT2D eigenvalue weighted by atomic mass is 10.1. The number of H-pyrrole nitrogens is 1. The largest absolute Gasteiger partial charge is 0.469 e. The molecule has 0 aliphatic carbocycles. The third kappa shape index (κ3) is 6.29. The molecule has 0 unspecified atom stereocenters. The number of nitrogens with zero attached hydrogens (tertiary/aromatic N) is 4. The van der Waals surface area contributed by atoms with E-state index in [2.05, 4.69) is 15.0 Å². The Bertz CT molecular complexity index is 1550. The first-order valence-electron chi connectivity index (χ1n) is 11.7. The Labute approximate surface area is 212 Å². The molecule has 190 valence electrons. The monoisotopic (exact) mass is 501 g/mol. The van der Waals surface area contributed by atoms with Crippen LogP contribution in [0.1, 0.15) is 30.5 Å². The lowest BCUT2D eigenvalue weighted by Gasteiger charge is -2.16. The van der Waals surface area contributed by atoms with Crippen molar-refractivity contribution >= 4 is 11.7 Å². The number of rotatable bonds is 8. The first kappa shape index (κ1) is 25.4. The van der Waals surface area contributed by atoms with Gasteiger partial charge in [-0.15, -0.1) is 0 Å². The lowest BCUT2D eigenvalue weighted by molar-refractivity contribution is -0.141. The van der Waals surface area contributed by atoms with Crippen molar-refractivity contribution in [1.29, 1.82) is 0 Å². The molecule has 0 aliphatic rings. The Morgan fingerprint density at radius 2 is 1.78 bits per heavy atom. The molecule has 2 aromatic heterocycles. The van der Waals surface area contributed by atoms with Crippen molar-refractivity contribution in [3.63, 3.8) is 0 Å². The maximum atomic E-state index is 13.5. The fourth-order valence-corrected chi connectivity index (χ4v) is 3.68. The highest BCUT2D eigenvalue weighted by molar-refractivity contribution is 5.69. The summed E-state index contributed by atoms with van der Waals surface area (Å²) in [7, 11) is 1.26. The lowest BCUT2D eigenvalue weighted by Crippen LogP contribution is -2.51. The summed E-state index contributed by atoms with van der Waals surface area (Å²) in [6, 6.07) is 19.2. The standard InChI is InChI=1S/C27H27N5O5/c1-18-7-9-20(10-8-18)17-31-25(30-26(34)32(27(31)35)19(2)16-24(33)36-3)29-21-11-13-22(14-12-21)37-23-6-4-5-15-28-23/h4-15,19H,16-17H2,1-3H3,(H,29,30,34)/t19-/m1/s1. The molecule has 4 rings (SSSR count). The number of carbonyl (C=O) groups excluding carboxylic acids is 1. The highest BCUT2D eigenvalue weighted by Crippen LogP contribution is 2.22. The zero-order chi connectivity index (χ0) is 26.4. The second kappa shape index (κ2) is 11.3. The summed E-state index contributed by atoms with van der Waals surface area (Å²) in [5.41, 5.74) is 1.25. The number of aromatic amines is 1. The van der Waals surface area contributed by atoms with Gasteiger partial charge in [0, 0.05) is 12.3 Å². The van der Waals surface area contributed by atoms with E-state index in [0.29, 0.717) is 17.3 Å². The van der Waals surface area contributed by atoms with E-state index in [1.54, 1.807) is 49.5 Å². The third-order valence-corrected chi connectivity index (χ3v) is 5.65. The van der Waals surface area contributed by atoms with Crippen molar-refractivity contribution < 1.29 is 14.3 Å². The molecule has 1 N–H and O–H groups in total. The zero-order valence-corrected chi connectivity index (χ0v) is 20.7. The van der Waals surface area contributed by atoms with Gasteiger partial charge in [0.25, 0.3) is 0 Å². The van der Waals surface area contributed by atoms with Crippen LogP contribution in [0.15, 0.2) is 87.5 Å². The molecule has 0 fully saturated rings. The zero-order valence-electron chi connectivity index (χ0n) is 20.7. The molecule has 37 heavy (non-hydrogen) atoms. The fourth-order valence-electron chi connectivity index (χ4n) is 3.68. The number of carbonyl (C=O) groups is 1. The molecule has 0 radical (unpaired) electrons. The number of aromatic nitrogens is 4. The van der Waals surface area contributed by atoms with E-state index in [1.807, 2.05) is 37.3 Å². The van der Waals surface area contributed by atoms with Crippen molar-refractivity contribution in [3.05, 3.63) is 111 Å². The summed E-state index contributed by atoms with van der Waals surface area (Å²) in [6.07, 6.45) is 1.51. The van der Waals surface area contributed by atoms with Crippen LogP contribution in [-0.4, -0.2) is 32.2 Å². The number of aryl methyl sites for hydroxylation is 1. The highest BCUT2D eigenvalue weighted by Gasteiger charge is 2.18. The van der Waals surface area contributed by atoms with Crippen LogP contribution in [0.4, 0.5) is 5.69 Å². The van der Waals surface area contributed by atoms with Crippen LogP contribution in [0, 0.1) is 6.92 Å². The van der Waals surface area contributed by atoms with E-state index in [0.717, 1.165) is 15.7 Å². The molecular weight excluding hydrogens is 474 g/mol. The van der Waals surface area contributed by atoms with Crippen LogP contribution in [0.5, 0.6) is 11.6 Å². The quantitative estimate of drug-likeness (QED) is 0.370. The SMILES string of the molecule is COC(=O)C[C@@H](C)n1c(=O)[nH]/c(=N\c2ccc(Oc3ccccn3)cc2)n(Cc2ccc(C)cc2)c1=O.